The minimum absolute atomic E-state index is 0.0346. The Morgan fingerprint density at radius 3 is 2.24 bits per heavy atom. The number of hydrogen-bond acceptors (Lipinski definition) is 2. The van der Waals surface area contributed by atoms with Crippen LogP contribution in [-0.2, 0) is 9.53 Å². The maximum Gasteiger partial charge on any atom is 0.306 e. The second-order valence-electron chi connectivity index (χ2n) is 5.08. The second-order valence-corrected chi connectivity index (χ2v) is 5.08. The number of ether oxygens (including phenoxy) is 1. The Morgan fingerprint density at radius 2 is 1.53 bits per heavy atom. The van der Waals surface area contributed by atoms with Gasteiger partial charge in [0, 0.05) is 6.42 Å². The van der Waals surface area contributed by atoms with Gasteiger partial charge in [-0.15, -0.1) is 0 Å². The average molecular weight is 238 g/mol. The molecule has 1 aliphatic rings. The molecule has 0 aromatic rings. The third-order valence-electron chi connectivity index (χ3n) is 3.29. The van der Waals surface area contributed by atoms with Crippen LogP contribution in [0.2, 0.25) is 0 Å². The maximum atomic E-state index is 11.4. The van der Waals surface area contributed by atoms with Gasteiger partial charge >= 0.3 is 5.97 Å². The van der Waals surface area contributed by atoms with Crippen LogP contribution < -0.4 is 0 Å². The minimum Gasteiger partial charge on any atom is -0.461 e. The fraction of sp³-hybridized carbons (Fsp3) is 0.800. The summed E-state index contributed by atoms with van der Waals surface area (Å²) in [7, 11) is 0. The van der Waals surface area contributed by atoms with E-state index in [4.69, 9.17) is 4.74 Å². The van der Waals surface area contributed by atoms with Crippen LogP contribution in [0.15, 0.2) is 11.6 Å². The number of allylic oxidation sites excluding steroid dienone is 1. The summed E-state index contributed by atoms with van der Waals surface area (Å²) in [6, 6.07) is 0. The van der Waals surface area contributed by atoms with Gasteiger partial charge < -0.3 is 4.74 Å². The first-order valence-corrected chi connectivity index (χ1v) is 7.10. The molecule has 2 nitrogen and oxygen atoms in total. The fourth-order valence-electron chi connectivity index (χ4n) is 2.15. The first-order valence-electron chi connectivity index (χ1n) is 7.10. The van der Waals surface area contributed by atoms with Gasteiger partial charge in [0.05, 0.1) is 0 Å². The number of carbonyl (C=O) groups excluding carboxylic acids is 1. The van der Waals surface area contributed by atoms with Crippen molar-refractivity contribution in [2.75, 3.05) is 6.61 Å². The summed E-state index contributed by atoms with van der Waals surface area (Å²) in [6.07, 6.45) is 14.0. The molecule has 0 aromatic heterocycles. The lowest BCUT2D eigenvalue weighted by atomic mass is 10.1. The summed E-state index contributed by atoms with van der Waals surface area (Å²) < 4.78 is 5.22. The topological polar surface area (TPSA) is 26.3 Å². The molecule has 1 heterocycles. The standard InChI is InChI=1S/C15H26O2/c1-14-11-9-7-5-3-2-4-6-8-10-12-15(16)17-13-14/h11H,2-10,12-13H2,1H3/b14-11+. The second kappa shape index (κ2) is 9.26. The van der Waals surface area contributed by atoms with Crippen LogP contribution in [0, 0.1) is 0 Å². The van der Waals surface area contributed by atoms with E-state index < -0.39 is 0 Å². The number of rotatable bonds is 0. The molecule has 0 N–H and O–H groups in total. The molecule has 0 atom stereocenters. The predicted octanol–water partition coefficient (Wildman–Crippen LogP) is 4.39. The summed E-state index contributed by atoms with van der Waals surface area (Å²) in [4.78, 5) is 11.4. The van der Waals surface area contributed by atoms with Crippen molar-refractivity contribution in [2.45, 2.75) is 71.1 Å². The Bertz CT molecular complexity index is 243. The first kappa shape index (κ1) is 14.3. The Balaban J connectivity index is 2.31. The van der Waals surface area contributed by atoms with E-state index in [0.717, 1.165) is 12.8 Å². The van der Waals surface area contributed by atoms with Gasteiger partial charge in [-0.3, -0.25) is 4.79 Å². The fourth-order valence-corrected chi connectivity index (χ4v) is 2.15. The molecule has 0 aromatic carbocycles. The van der Waals surface area contributed by atoms with Crippen LogP contribution in [0.1, 0.15) is 71.1 Å². The molecule has 2 heteroatoms. The van der Waals surface area contributed by atoms with Crippen LogP contribution in [0.3, 0.4) is 0 Å². The van der Waals surface area contributed by atoms with E-state index in [1.165, 1.54) is 50.5 Å². The molecule has 98 valence electrons. The first-order chi connectivity index (χ1) is 8.29. The zero-order valence-corrected chi connectivity index (χ0v) is 11.2. The summed E-state index contributed by atoms with van der Waals surface area (Å²) in [5.41, 5.74) is 1.19. The Kier molecular flexibility index (Phi) is 7.78. The smallest absolute Gasteiger partial charge is 0.306 e. The van der Waals surface area contributed by atoms with Crippen molar-refractivity contribution in [3.63, 3.8) is 0 Å². The summed E-state index contributed by atoms with van der Waals surface area (Å²) in [5, 5.41) is 0. The van der Waals surface area contributed by atoms with Crippen molar-refractivity contribution in [3.05, 3.63) is 11.6 Å². The average Bonchev–Trinajstić information content (AvgIpc) is 2.33. The molecule has 0 bridgehead atoms. The number of cyclic esters (lactones) is 1. The van der Waals surface area contributed by atoms with Crippen molar-refractivity contribution in [1.29, 1.82) is 0 Å². The van der Waals surface area contributed by atoms with E-state index in [9.17, 15) is 4.79 Å². The third kappa shape index (κ3) is 8.00. The largest absolute Gasteiger partial charge is 0.461 e. The van der Waals surface area contributed by atoms with Gasteiger partial charge in [-0.1, -0.05) is 44.6 Å². The Hall–Kier alpha value is -0.790. The Morgan fingerprint density at radius 1 is 0.941 bits per heavy atom. The highest BCUT2D eigenvalue weighted by Gasteiger charge is 2.03. The third-order valence-corrected chi connectivity index (χ3v) is 3.29. The molecule has 0 fully saturated rings. The van der Waals surface area contributed by atoms with Gasteiger partial charge in [-0.25, -0.2) is 0 Å². The highest BCUT2D eigenvalue weighted by Crippen LogP contribution is 2.12. The summed E-state index contributed by atoms with van der Waals surface area (Å²) in [6.45, 7) is 2.53. The van der Waals surface area contributed by atoms with Crippen LogP contribution in [0.25, 0.3) is 0 Å². The van der Waals surface area contributed by atoms with Gasteiger partial charge in [0.15, 0.2) is 0 Å². The number of carbonyl (C=O) groups is 1. The van der Waals surface area contributed by atoms with Crippen LogP contribution in [0.5, 0.6) is 0 Å². The van der Waals surface area contributed by atoms with E-state index in [-0.39, 0.29) is 5.97 Å². The number of esters is 1. The normalized spacial score (nSPS) is 25.0. The van der Waals surface area contributed by atoms with Crippen LogP contribution >= 0.6 is 0 Å². The molecule has 0 saturated heterocycles. The molecule has 0 spiro atoms. The summed E-state index contributed by atoms with van der Waals surface area (Å²) >= 11 is 0. The molecule has 0 unspecified atom stereocenters. The van der Waals surface area contributed by atoms with Gasteiger partial charge in [-0.2, -0.15) is 0 Å². The van der Waals surface area contributed by atoms with E-state index >= 15 is 0 Å². The molecular formula is C15H26O2. The zero-order chi connectivity index (χ0) is 12.3. The minimum atomic E-state index is -0.0346. The monoisotopic (exact) mass is 238 g/mol. The molecule has 1 aliphatic heterocycles. The van der Waals surface area contributed by atoms with Crippen molar-refractivity contribution >= 4 is 5.97 Å². The van der Waals surface area contributed by atoms with E-state index in [1.807, 2.05) is 6.92 Å². The molecule has 0 aliphatic carbocycles. The van der Waals surface area contributed by atoms with Crippen molar-refractivity contribution in [3.8, 4) is 0 Å². The van der Waals surface area contributed by atoms with Crippen molar-refractivity contribution in [1.82, 2.24) is 0 Å². The zero-order valence-electron chi connectivity index (χ0n) is 11.2. The molecule has 1 rings (SSSR count). The Labute approximate surface area is 105 Å². The maximum absolute atomic E-state index is 11.4. The van der Waals surface area contributed by atoms with E-state index in [0.29, 0.717) is 13.0 Å². The SMILES string of the molecule is C/C1=C\CCCCCCCCCCC(=O)OC1. The van der Waals surface area contributed by atoms with Gasteiger partial charge in [-0.05, 0) is 31.8 Å². The number of hydrogen-bond donors (Lipinski definition) is 0. The highest BCUT2D eigenvalue weighted by molar-refractivity contribution is 5.69. The van der Waals surface area contributed by atoms with Crippen molar-refractivity contribution < 1.29 is 9.53 Å². The lowest BCUT2D eigenvalue weighted by Crippen LogP contribution is -2.06. The van der Waals surface area contributed by atoms with Crippen LogP contribution in [-0.4, -0.2) is 12.6 Å². The van der Waals surface area contributed by atoms with E-state index in [2.05, 4.69) is 6.08 Å². The lowest BCUT2D eigenvalue weighted by molar-refractivity contribution is -0.142. The van der Waals surface area contributed by atoms with E-state index in [1.54, 1.807) is 0 Å². The summed E-state index contributed by atoms with van der Waals surface area (Å²) in [5.74, 6) is -0.0346. The lowest BCUT2D eigenvalue weighted by Gasteiger charge is -2.05. The van der Waals surface area contributed by atoms with Crippen molar-refractivity contribution in [2.24, 2.45) is 0 Å². The highest BCUT2D eigenvalue weighted by atomic mass is 16.5. The van der Waals surface area contributed by atoms with Gasteiger partial charge in [0.2, 0.25) is 0 Å². The molecule has 17 heavy (non-hydrogen) atoms. The van der Waals surface area contributed by atoms with Gasteiger partial charge in [0.1, 0.15) is 6.61 Å². The molecule has 0 radical (unpaired) electrons. The molecule has 0 saturated carbocycles. The van der Waals surface area contributed by atoms with Gasteiger partial charge in [0.25, 0.3) is 0 Å². The quantitative estimate of drug-likeness (QED) is 0.462. The van der Waals surface area contributed by atoms with Crippen LogP contribution in [0.4, 0.5) is 0 Å². The molecular weight excluding hydrogens is 212 g/mol. The molecule has 0 amide bonds. The predicted molar refractivity (Wildman–Crippen MR) is 70.9 cm³/mol.